The molecule has 1 aromatic carbocycles. The summed E-state index contributed by atoms with van der Waals surface area (Å²) in [6, 6.07) is 6.20. The summed E-state index contributed by atoms with van der Waals surface area (Å²) >= 11 is 0. The van der Waals surface area contributed by atoms with Crippen molar-refractivity contribution in [2.75, 3.05) is 11.9 Å². The zero-order valence-corrected chi connectivity index (χ0v) is 8.97. The Hall–Kier alpha value is -2.42. The fraction of sp³-hybridized carbons (Fsp3) is 0.182. The molecule has 0 spiro atoms. The van der Waals surface area contributed by atoms with Crippen LogP contribution in [-0.2, 0) is 6.54 Å². The van der Waals surface area contributed by atoms with Gasteiger partial charge in [-0.3, -0.25) is 4.68 Å². The lowest BCUT2D eigenvalue weighted by atomic mass is 10.2. The van der Waals surface area contributed by atoms with Crippen molar-refractivity contribution in [3.8, 4) is 6.07 Å². The number of rotatable bonds is 4. The largest absolute Gasteiger partial charge is 0.383 e. The van der Waals surface area contributed by atoms with Crippen LogP contribution in [0.3, 0.4) is 0 Å². The summed E-state index contributed by atoms with van der Waals surface area (Å²) in [5.74, 6) is -0.516. The van der Waals surface area contributed by atoms with Gasteiger partial charge in [-0.05, 0) is 18.2 Å². The number of hydrogen-bond donors (Lipinski definition) is 1. The Morgan fingerprint density at radius 1 is 1.47 bits per heavy atom. The maximum Gasteiger partial charge on any atom is 0.143 e. The van der Waals surface area contributed by atoms with Gasteiger partial charge < -0.3 is 5.32 Å². The van der Waals surface area contributed by atoms with Crippen molar-refractivity contribution in [3.05, 3.63) is 42.0 Å². The molecule has 0 fully saturated rings. The van der Waals surface area contributed by atoms with Crippen LogP contribution in [0.15, 0.2) is 30.6 Å². The molecule has 1 N–H and O–H groups in total. The molecule has 2 aromatic rings. The minimum absolute atomic E-state index is 0.0480. The van der Waals surface area contributed by atoms with Crippen LogP contribution in [0.5, 0.6) is 0 Å². The van der Waals surface area contributed by atoms with Crippen molar-refractivity contribution in [2.24, 2.45) is 0 Å². The lowest BCUT2D eigenvalue weighted by Gasteiger charge is -2.06. The van der Waals surface area contributed by atoms with E-state index in [4.69, 9.17) is 5.26 Å². The van der Waals surface area contributed by atoms with E-state index in [1.165, 1.54) is 12.1 Å². The number of aromatic nitrogens is 3. The summed E-state index contributed by atoms with van der Waals surface area (Å²) in [4.78, 5) is 0. The molecule has 1 aromatic heterocycles. The number of nitriles is 1. The highest BCUT2D eigenvalue weighted by atomic mass is 19.1. The monoisotopic (exact) mass is 231 g/mol. The molecule has 2 rings (SSSR count). The van der Waals surface area contributed by atoms with E-state index in [-0.39, 0.29) is 5.56 Å². The molecular formula is C11H10FN5. The second-order valence-corrected chi connectivity index (χ2v) is 3.40. The van der Waals surface area contributed by atoms with Gasteiger partial charge >= 0.3 is 0 Å². The Bertz CT molecular complexity index is 529. The molecular weight excluding hydrogens is 221 g/mol. The van der Waals surface area contributed by atoms with Crippen molar-refractivity contribution in [3.63, 3.8) is 0 Å². The van der Waals surface area contributed by atoms with E-state index >= 15 is 0 Å². The van der Waals surface area contributed by atoms with Crippen molar-refractivity contribution >= 4 is 5.69 Å². The third-order valence-electron chi connectivity index (χ3n) is 2.23. The van der Waals surface area contributed by atoms with E-state index in [2.05, 4.69) is 15.6 Å². The lowest BCUT2D eigenvalue weighted by molar-refractivity contribution is 0.607. The maximum absolute atomic E-state index is 13.3. The molecule has 1 heterocycles. The first kappa shape index (κ1) is 11.1. The van der Waals surface area contributed by atoms with E-state index in [0.717, 1.165) is 0 Å². The van der Waals surface area contributed by atoms with Crippen molar-refractivity contribution in [1.82, 2.24) is 15.0 Å². The second kappa shape index (κ2) is 5.07. The van der Waals surface area contributed by atoms with Gasteiger partial charge in [-0.1, -0.05) is 5.21 Å². The topological polar surface area (TPSA) is 66.5 Å². The standard InChI is InChI=1S/C11H10FN5/c12-11-7-10(2-1-9(11)8-13)14-3-5-17-6-4-15-16-17/h1-2,4,6-7,14H,3,5H2. The first-order chi connectivity index (χ1) is 8.29. The maximum atomic E-state index is 13.3. The molecule has 0 saturated heterocycles. The second-order valence-electron chi connectivity index (χ2n) is 3.40. The predicted octanol–water partition coefficient (Wildman–Crippen LogP) is 1.40. The van der Waals surface area contributed by atoms with Crippen molar-refractivity contribution in [2.45, 2.75) is 6.54 Å². The molecule has 0 saturated carbocycles. The number of anilines is 1. The average Bonchev–Trinajstić information content (AvgIpc) is 2.82. The molecule has 0 aliphatic rings. The van der Waals surface area contributed by atoms with Gasteiger partial charge in [0.1, 0.15) is 11.9 Å². The van der Waals surface area contributed by atoms with E-state index in [1.54, 1.807) is 29.2 Å². The van der Waals surface area contributed by atoms with Crippen molar-refractivity contribution in [1.29, 1.82) is 5.26 Å². The van der Waals surface area contributed by atoms with Crippen LogP contribution in [0.4, 0.5) is 10.1 Å². The first-order valence-corrected chi connectivity index (χ1v) is 5.07. The molecule has 0 amide bonds. The van der Waals surface area contributed by atoms with Crippen molar-refractivity contribution < 1.29 is 4.39 Å². The van der Waals surface area contributed by atoms with Gasteiger partial charge in [0.05, 0.1) is 18.3 Å². The van der Waals surface area contributed by atoms with Crippen LogP contribution in [0.1, 0.15) is 5.56 Å². The van der Waals surface area contributed by atoms with E-state index in [9.17, 15) is 4.39 Å². The SMILES string of the molecule is N#Cc1ccc(NCCn2ccnn2)cc1F. The zero-order chi connectivity index (χ0) is 12.1. The van der Waals surface area contributed by atoms with Crippen LogP contribution in [0, 0.1) is 17.1 Å². The fourth-order valence-electron chi connectivity index (χ4n) is 1.38. The highest BCUT2D eigenvalue weighted by Crippen LogP contribution is 2.13. The molecule has 0 aliphatic carbocycles. The van der Waals surface area contributed by atoms with Gasteiger partial charge in [0, 0.05) is 18.4 Å². The summed E-state index contributed by atoms with van der Waals surface area (Å²) < 4.78 is 14.9. The molecule has 6 heteroatoms. The van der Waals surface area contributed by atoms with Gasteiger partial charge in [-0.15, -0.1) is 5.10 Å². The number of hydrogen-bond acceptors (Lipinski definition) is 4. The third kappa shape index (κ3) is 2.78. The predicted molar refractivity (Wildman–Crippen MR) is 59.6 cm³/mol. The molecule has 0 aliphatic heterocycles. The molecule has 0 atom stereocenters. The quantitative estimate of drug-likeness (QED) is 0.863. The molecule has 0 bridgehead atoms. The third-order valence-corrected chi connectivity index (χ3v) is 2.23. The Morgan fingerprint density at radius 3 is 3.00 bits per heavy atom. The Labute approximate surface area is 97.5 Å². The minimum atomic E-state index is -0.516. The van der Waals surface area contributed by atoms with Gasteiger partial charge in [0.25, 0.3) is 0 Å². The van der Waals surface area contributed by atoms with Gasteiger partial charge in [0.2, 0.25) is 0 Å². The number of halogens is 1. The molecule has 17 heavy (non-hydrogen) atoms. The highest BCUT2D eigenvalue weighted by Gasteiger charge is 2.02. The Balaban J connectivity index is 1.91. The van der Waals surface area contributed by atoms with Gasteiger partial charge in [0.15, 0.2) is 0 Å². The zero-order valence-electron chi connectivity index (χ0n) is 8.97. The summed E-state index contributed by atoms with van der Waals surface area (Å²) in [6.45, 7) is 1.25. The lowest BCUT2D eigenvalue weighted by Crippen LogP contribution is -2.11. The van der Waals surface area contributed by atoms with Gasteiger partial charge in [-0.2, -0.15) is 5.26 Å². The average molecular weight is 231 g/mol. The Kier molecular flexibility index (Phi) is 3.31. The van der Waals surface area contributed by atoms with Crippen LogP contribution in [-0.4, -0.2) is 21.5 Å². The van der Waals surface area contributed by atoms with Crippen LogP contribution < -0.4 is 5.32 Å². The minimum Gasteiger partial charge on any atom is -0.383 e. The molecule has 86 valence electrons. The summed E-state index contributed by atoms with van der Waals surface area (Å²) in [5.41, 5.74) is 0.688. The fourth-order valence-corrected chi connectivity index (χ4v) is 1.38. The van der Waals surface area contributed by atoms with Gasteiger partial charge in [-0.25, -0.2) is 4.39 Å². The van der Waals surface area contributed by atoms with Crippen LogP contribution in [0.2, 0.25) is 0 Å². The number of benzene rings is 1. The Morgan fingerprint density at radius 2 is 2.35 bits per heavy atom. The molecule has 0 radical (unpaired) electrons. The molecule has 0 unspecified atom stereocenters. The number of nitrogens with one attached hydrogen (secondary N) is 1. The van der Waals surface area contributed by atoms with E-state index < -0.39 is 5.82 Å². The van der Waals surface area contributed by atoms with E-state index in [0.29, 0.717) is 18.8 Å². The smallest absolute Gasteiger partial charge is 0.143 e. The highest BCUT2D eigenvalue weighted by molar-refractivity contribution is 5.47. The summed E-state index contributed by atoms with van der Waals surface area (Å²) in [7, 11) is 0. The normalized spacial score (nSPS) is 9.88. The summed E-state index contributed by atoms with van der Waals surface area (Å²) in [5, 5.41) is 19.1. The first-order valence-electron chi connectivity index (χ1n) is 5.07. The van der Waals surface area contributed by atoms with E-state index in [1.807, 2.05) is 0 Å². The van der Waals surface area contributed by atoms with Crippen LogP contribution in [0.25, 0.3) is 0 Å². The van der Waals surface area contributed by atoms with Crippen LogP contribution >= 0.6 is 0 Å². The molecule has 5 nitrogen and oxygen atoms in total. The number of nitrogens with zero attached hydrogens (tertiary/aromatic N) is 4. The summed E-state index contributed by atoms with van der Waals surface area (Å²) in [6.07, 6.45) is 3.35.